The van der Waals surface area contributed by atoms with Crippen LogP contribution in [0.3, 0.4) is 0 Å². The van der Waals surface area contributed by atoms with Crippen molar-refractivity contribution in [2.24, 2.45) is 11.7 Å². The van der Waals surface area contributed by atoms with Crippen molar-refractivity contribution in [1.82, 2.24) is 9.80 Å². The fourth-order valence-electron chi connectivity index (χ4n) is 3.07. The number of rotatable bonds is 5. The summed E-state index contributed by atoms with van der Waals surface area (Å²) < 4.78 is 6.08. The first-order valence-electron chi connectivity index (χ1n) is 7.52. The lowest BCUT2D eigenvalue weighted by molar-refractivity contribution is -0.0197. The highest BCUT2D eigenvalue weighted by atomic mass is 16.5. The molecule has 0 bridgehead atoms. The zero-order chi connectivity index (χ0) is 12.8. The molecule has 1 saturated heterocycles. The molecule has 0 aromatic rings. The van der Waals surface area contributed by atoms with E-state index in [1.54, 1.807) is 0 Å². The monoisotopic (exact) mass is 255 g/mol. The quantitative estimate of drug-likeness (QED) is 0.788. The maximum absolute atomic E-state index is 6.08. The average molecular weight is 255 g/mol. The van der Waals surface area contributed by atoms with Crippen molar-refractivity contribution in [2.75, 3.05) is 52.9 Å². The van der Waals surface area contributed by atoms with E-state index in [4.69, 9.17) is 10.5 Å². The molecular formula is C14H29N3O. The van der Waals surface area contributed by atoms with E-state index in [9.17, 15) is 0 Å². The molecule has 1 heterocycles. The highest BCUT2D eigenvalue weighted by molar-refractivity contribution is 4.77. The van der Waals surface area contributed by atoms with E-state index in [1.165, 1.54) is 51.9 Å². The first-order chi connectivity index (χ1) is 8.79. The van der Waals surface area contributed by atoms with Crippen molar-refractivity contribution in [1.29, 1.82) is 0 Å². The van der Waals surface area contributed by atoms with Gasteiger partial charge >= 0.3 is 0 Å². The number of ether oxygens (including phenoxy) is 1. The molecule has 2 N–H and O–H groups in total. The van der Waals surface area contributed by atoms with Crippen LogP contribution in [0.4, 0.5) is 0 Å². The molecule has 2 unspecified atom stereocenters. The molecule has 2 aliphatic rings. The van der Waals surface area contributed by atoms with E-state index in [0.717, 1.165) is 19.7 Å². The van der Waals surface area contributed by atoms with Gasteiger partial charge in [-0.2, -0.15) is 0 Å². The molecule has 2 rings (SSSR count). The van der Waals surface area contributed by atoms with Crippen LogP contribution in [-0.4, -0.2) is 68.8 Å². The van der Waals surface area contributed by atoms with Crippen LogP contribution >= 0.6 is 0 Å². The smallest absolute Gasteiger partial charge is 0.0616 e. The van der Waals surface area contributed by atoms with Gasteiger partial charge in [0.15, 0.2) is 0 Å². The molecule has 0 spiro atoms. The van der Waals surface area contributed by atoms with Gasteiger partial charge in [-0.05, 0) is 32.4 Å². The third-order valence-corrected chi connectivity index (χ3v) is 4.48. The summed E-state index contributed by atoms with van der Waals surface area (Å²) >= 11 is 0. The Balaban J connectivity index is 1.62. The van der Waals surface area contributed by atoms with E-state index in [0.29, 0.717) is 12.0 Å². The predicted molar refractivity (Wildman–Crippen MR) is 74.7 cm³/mol. The number of piperazine rings is 1. The molecule has 106 valence electrons. The van der Waals surface area contributed by atoms with Gasteiger partial charge in [-0.3, -0.25) is 4.90 Å². The van der Waals surface area contributed by atoms with Gasteiger partial charge in [-0.15, -0.1) is 0 Å². The molecule has 18 heavy (non-hydrogen) atoms. The molecule has 1 aliphatic heterocycles. The van der Waals surface area contributed by atoms with Gasteiger partial charge in [0.05, 0.1) is 12.7 Å². The lowest BCUT2D eigenvalue weighted by atomic mass is 9.86. The normalized spacial score (nSPS) is 31.7. The van der Waals surface area contributed by atoms with Crippen LogP contribution < -0.4 is 5.73 Å². The number of likely N-dealkylation sites (N-methyl/N-ethyl adjacent to an activating group) is 1. The highest BCUT2D eigenvalue weighted by Crippen LogP contribution is 2.25. The van der Waals surface area contributed by atoms with E-state index in [1.807, 2.05) is 0 Å². The van der Waals surface area contributed by atoms with Gasteiger partial charge in [-0.1, -0.05) is 12.8 Å². The SMILES string of the molecule is CN1CCN(CCOC2CCCCC2CN)CC1. The first kappa shape index (κ1) is 14.3. The van der Waals surface area contributed by atoms with Crippen molar-refractivity contribution in [3.8, 4) is 0 Å². The van der Waals surface area contributed by atoms with Crippen LogP contribution in [-0.2, 0) is 4.74 Å². The molecule has 0 aromatic carbocycles. The van der Waals surface area contributed by atoms with Gasteiger partial charge < -0.3 is 15.4 Å². The predicted octanol–water partition coefficient (Wildman–Crippen LogP) is 0.768. The minimum atomic E-state index is 0.427. The van der Waals surface area contributed by atoms with E-state index in [-0.39, 0.29) is 0 Å². The second kappa shape index (κ2) is 7.43. The van der Waals surface area contributed by atoms with Gasteiger partial charge in [0.2, 0.25) is 0 Å². The van der Waals surface area contributed by atoms with Crippen LogP contribution in [0.5, 0.6) is 0 Å². The minimum Gasteiger partial charge on any atom is -0.377 e. The number of nitrogens with zero attached hydrogens (tertiary/aromatic N) is 2. The molecule has 4 heteroatoms. The van der Waals surface area contributed by atoms with Crippen LogP contribution in [0.15, 0.2) is 0 Å². The standard InChI is InChI=1S/C14H29N3O/c1-16-6-8-17(9-7-16)10-11-18-14-5-3-2-4-13(14)12-15/h13-14H,2-12,15H2,1H3. The first-order valence-corrected chi connectivity index (χ1v) is 7.52. The topological polar surface area (TPSA) is 41.7 Å². The summed E-state index contributed by atoms with van der Waals surface area (Å²) in [5, 5.41) is 0. The van der Waals surface area contributed by atoms with E-state index < -0.39 is 0 Å². The summed E-state index contributed by atoms with van der Waals surface area (Å²) in [5.74, 6) is 0.603. The second-order valence-electron chi connectivity index (χ2n) is 5.83. The van der Waals surface area contributed by atoms with Crippen LogP contribution in [0.2, 0.25) is 0 Å². The molecule has 0 radical (unpaired) electrons. The number of hydrogen-bond acceptors (Lipinski definition) is 4. The van der Waals surface area contributed by atoms with E-state index in [2.05, 4.69) is 16.8 Å². The van der Waals surface area contributed by atoms with Gasteiger partial charge in [0.25, 0.3) is 0 Å². The van der Waals surface area contributed by atoms with Crippen molar-refractivity contribution < 1.29 is 4.74 Å². The molecule has 2 atom stereocenters. The Bertz CT molecular complexity index is 229. The molecule has 2 fully saturated rings. The maximum Gasteiger partial charge on any atom is 0.0616 e. The lowest BCUT2D eigenvalue weighted by Crippen LogP contribution is -2.46. The summed E-state index contributed by atoms with van der Waals surface area (Å²) in [6.07, 6.45) is 5.55. The van der Waals surface area contributed by atoms with Crippen molar-refractivity contribution in [3.63, 3.8) is 0 Å². The zero-order valence-corrected chi connectivity index (χ0v) is 11.8. The fraction of sp³-hybridized carbons (Fsp3) is 1.00. The van der Waals surface area contributed by atoms with Crippen LogP contribution in [0, 0.1) is 5.92 Å². The van der Waals surface area contributed by atoms with Gasteiger partial charge in [0, 0.05) is 32.7 Å². The summed E-state index contributed by atoms with van der Waals surface area (Å²) in [6.45, 7) is 7.51. The third-order valence-electron chi connectivity index (χ3n) is 4.48. The Morgan fingerprint density at radius 2 is 1.83 bits per heavy atom. The Morgan fingerprint density at radius 3 is 2.56 bits per heavy atom. The summed E-state index contributed by atoms with van der Waals surface area (Å²) in [4.78, 5) is 4.91. The van der Waals surface area contributed by atoms with Crippen molar-refractivity contribution >= 4 is 0 Å². The Morgan fingerprint density at radius 1 is 1.11 bits per heavy atom. The van der Waals surface area contributed by atoms with E-state index >= 15 is 0 Å². The highest BCUT2D eigenvalue weighted by Gasteiger charge is 2.24. The fourth-order valence-corrected chi connectivity index (χ4v) is 3.07. The van der Waals surface area contributed by atoms with Gasteiger partial charge in [-0.25, -0.2) is 0 Å². The molecule has 1 saturated carbocycles. The molecule has 1 aliphatic carbocycles. The lowest BCUT2D eigenvalue weighted by Gasteiger charge is -2.34. The Hall–Kier alpha value is -0.160. The third kappa shape index (κ3) is 4.19. The Kier molecular flexibility index (Phi) is 5.89. The molecular weight excluding hydrogens is 226 g/mol. The molecule has 0 amide bonds. The number of nitrogens with two attached hydrogens (primary N) is 1. The average Bonchev–Trinajstić information content (AvgIpc) is 2.41. The van der Waals surface area contributed by atoms with Crippen LogP contribution in [0.1, 0.15) is 25.7 Å². The van der Waals surface area contributed by atoms with Crippen molar-refractivity contribution in [2.45, 2.75) is 31.8 Å². The molecule has 0 aromatic heterocycles. The zero-order valence-electron chi connectivity index (χ0n) is 11.8. The Labute approximate surface area is 111 Å². The number of hydrogen-bond donors (Lipinski definition) is 1. The second-order valence-corrected chi connectivity index (χ2v) is 5.83. The minimum absolute atomic E-state index is 0.427. The van der Waals surface area contributed by atoms with Gasteiger partial charge in [0.1, 0.15) is 0 Å². The largest absolute Gasteiger partial charge is 0.377 e. The maximum atomic E-state index is 6.08. The van der Waals surface area contributed by atoms with Crippen LogP contribution in [0.25, 0.3) is 0 Å². The summed E-state index contributed by atoms with van der Waals surface area (Å²) in [6, 6.07) is 0. The molecule has 4 nitrogen and oxygen atoms in total. The van der Waals surface area contributed by atoms with Crippen molar-refractivity contribution in [3.05, 3.63) is 0 Å². The summed E-state index contributed by atoms with van der Waals surface area (Å²) in [5.41, 5.74) is 5.83. The summed E-state index contributed by atoms with van der Waals surface area (Å²) in [7, 11) is 2.20.